The molecule has 1 aliphatic heterocycles. The highest BCUT2D eigenvalue weighted by Crippen LogP contribution is 2.36. The van der Waals surface area contributed by atoms with Gasteiger partial charge >= 0.3 is 0 Å². The predicted octanol–water partition coefficient (Wildman–Crippen LogP) is 1.48. The van der Waals surface area contributed by atoms with Crippen molar-refractivity contribution in [2.75, 3.05) is 13.1 Å². The predicted molar refractivity (Wildman–Crippen MR) is 63.4 cm³/mol. The summed E-state index contributed by atoms with van der Waals surface area (Å²) < 4.78 is 5.17. The van der Waals surface area contributed by atoms with E-state index < -0.39 is 0 Å². The molecule has 3 atom stereocenters. The second kappa shape index (κ2) is 4.18. The number of rotatable bonds is 1. The van der Waals surface area contributed by atoms with Crippen LogP contribution in [0.1, 0.15) is 29.8 Å². The molecule has 0 radical (unpaired) electrons. The molecule has 2 N–H and O–H groups in total. The summed E-state index contributed by atoms with van der Waals surface area (Å²) in [6.45, 7) is 1.72. The molecule has 1 aromatic heterocycles. The van der Waals surface area contributed by atoms with Crippen LogP contribution in [0.15, 0.2) is 22.8 Å². The van der Waals surface area contributed by atoms with Crippen LogP contribution in [0, 0.1) is 11.8 Å². The Morgan fingerprint density at radius 3 is 2.94 bits per heavy atom. The largest absolute Gasteiger partial charge is 0.459 e. The fourth-order valence-corrected chi connectivity index (χ4v) is 3.19. The second-order valence-electron chi connectivity index (χ2n) is 5.28. The van der Waals surface area contributed by atoms with Gasteiger partial charge < -0.3 is 15.1 Å². The molecular weight excluding hydrogens is 216 g/mol. The minimum Gasteiger partial charge on any atom is -0.459 e. The maximum Gasteiger partial charge on any atom is 0.289 e. The molecule has 17 heavy (non-hydrogen) atoms. The Balaban J connectivity index is 1.69. The van der Waals surface area contributed by atoms with E-state index in [1.165, 1.54) is 0 Å². The third-order valence-corrected chi connectivity index (χ3v) is 4.11. The topological polar surface area (TPSA) is 59.5 Å². The molecule has 2 heterocycles. The molecule has 0 spiro atoms. The molecule has 1 saturated carbocycles. The van der Waals surface area contributed by atoms with E-state index in [0.29, 0.717) is 23.6 Å². The van der Waals surface area contributed by atoms with Gasteiger partial charge in [-0.05, 0) is 43.2 Å². The number of carbonyl (C=O) groups excluding carboxylic acids is 1. The average Bonchev–Trinajstić information content (AvgIpc) is 2.96. The molecule has 2 fully saturated rings. The lowest BCUT2D eigenvalue weighted by Crippen LogP contribution is -2.32. The molecule has 0 aromatic carbocycles. The Labute approximate surface area is 101 Å². The van der Waals surface area contributed by atoms with E-state index in [-0.39, 0.29) is 5.91 Å². The quantitative estimate of drug-likeness (QED) is 0.800. The van der Waals surface area contributed by atoms with Crippen LogP contribution < -0.4 is 5.73 Å². The van der Waals surface area contributed by atoms with Gasteiger partial charge in [-0.25, -0.2) is 0 Å². The molecule has 1 amide bonds. The molecule has 1 unspecified atom stereocenters. The van der Waals surface area contributed by atoms with Crippen molar-refractivity contribution < 1.29 is 9.21 Å². The van der Waals surface area contributed by atoms with Gasteiger partial charge in [0, 0.05) is 19.1 Å². The molecule has 1 aromatic rings. The molecule has 92 valence electrons. The van der Waals surface area contributed by atoms with Crippen molar-refractivity contribution in [3.05, 3.63) is 24.2 Å². The number of fused-ring (bicyclic) bond motifs is 1. The van der Waals surface area contributed by atoms with Crippen molar-refractivity contribution in [3.8, 4) is 0 Å². The van der Waals surface area contributed by atoms with Crippen LogP contribution in [0.3, 0.4) is 0 Å². The molecule has 4 heteroatoms. The van der Waals surface area contributed by atoms with E-state index in [1.807, 2.05) is 4.90 Å². The second-order valence-corrected chi connectivity index (χ2v) is 5.28. The molecule has 4 nitrogen and oxygen atoms in total. The summed E-state index contributed by atoms with van der Waals surface area (Å²) in [4.78, 5) is 14.1. The fraction of sp³-hybridized carbons (Fsp3) is 0.615. The summed E-state index contributed by atoms with van der Waals surface area (Å²) in [6, 6.07) is 3.82. The van der Waals surface area contributed by atoms with Gasteiger partial charge in [-0.15, -0.1) is 0 Å². The number of nitrogens with zero attached hydrogens (tertiary/aromatic N) is 1. The van der Waals surface area contributed by atoms with Crippen LogP contribution in [0.4, 0.5) is 0 Å². The lowest BCUT2D eigenvalue weighted by atomic mass is 9.79. The molecule has 2 aliphatic rings. The summed E-state index contributed by atoms with van der Waals surface area (Å²) in [7, 11) is 0. The van der Waals surface area contributed by atoms with Crippen LogP contribution in [0.5, 0.6) is 0 Å². The van der Waals surface area contributed by atoms with Crippen LogP contribution in [0.2, 0.25) is 0 Å². The number of carbonyl (C=O) groups is 1. The fourth-order valence-electron chi connectivity index (χ4n) is 3.19. The third-order valence-electron chi connectivity index (χ3n) is 4.11. The number of hydrogen-bond donors (Lipinski definition) is 1. The van der Waals surface area contributed by atoms with Gasteiger partial charge in [-0.1, -0.05) is 0 Å². The first kappa shape index (κ1) is 10.8. The highest BCUT2D eigenvalue weighted by molar-refractivity contribution is 5.91. The SMILES string of the molecule is NC1CC[C@H]2CN(C(=O)c3ccco3)C[C@H]2C1. The first-order valence-electron chi connectivity index (χ1n) is 6.32. The molecule has 1 saturated heterocycles. The molecule has 1 aliphatic carbocycles. The zero-order chi connectivity index (χ0) is 11.8. The normalized spacial score (nSPS) is 32.5. The van der Waals surface area contributed by atoms with Gasteiger partial charge in [0.15, 0.2) is 5.76 Å². The Morgan fingerprint density at radius 1 is 1.35 bits per heavy atom. The summed E-state index contributed by atoms with van der Waals surface area (Å²) in [5.74, 6) is 1.72. The van der Waals surface area contributed by atoms with Gasteiger partial charge in [0.25, 0.3) is 5.91 Å². The van der Waals surface area contributed by atoms with Crippen molar-refractivity contribution in [1.82, 2.24) is 4.90 Å². The summed E-state index contributed by atoms with van der Waals surface area (Å²) in [6.07, 6.45) is 4.87. The van der Waals surface area contributed by atoms with E-state index >= 15 is 0 Å². The van der Waals surface area contributed by atoms with Crippen LogP contribution in [-0.4, -0.2) is 29.9 Å². The zero-order valence-corrected chi connectivity index (χ0v) is 9.84. The monoisotopic (exact) mass is 234 g/mol. The van der Waals surface area contributed by atoms with Crippen molar-refractivity contribution in [3.63, 3.8) is 0 Å². The summed E-state index contributed by atoms with van der Waals surface area (Å²) in [5.41, 5.74) is 5.98. The smallest absolute Gasteiger partial charge is 0.289 e. The van der Waals surface area contributed by atoms with E-state index in [2.05, 4.69) is 0 Å². The Morgan fingerprint density at radius 2 is 2.18 bits per heavy atom. The Kier molecular flexibility index (Phi) is 2.67. The number of furan rings is 1. The van der Waals surface area contributed by atoms with E-state index in [1.54, 1.807) is 18.4 Å². The van der Waals surface area contributed by atoms with Gasteiger partial charge in [0.1, 0.15) is 0 Å². The van der Waals surface area contributed by atoms with E-state index in [9.17, 15) is 4.79 Å². The van der Waals surface area contributed by atoms with Crippen molar-refractivity contribution in [2.45, 2.75) is 25.3 Å². The maximum atomic E-state index is 12.1. The molecular formula is C13H18N2O2. The first-order valence-corrected chi connectivity index (χ1v) is 6.32. The van der Waals surface area contributed by atoms with Crippen LogP contribution in [-0.2, 0) is 0 Å². The summed E-state index contributed by atoms with van der Waals surface area (Å²) in [5, 5.41) is 0. The van der Waals surface area contributed by atoms with E-state index in [0.717, 1.165) is 32.4 Å². The summed E-state index contributed by atoms with van der Waals surface area (Å²) >= 11 is 0. The first-order chi connectivity index (χ1) is 8.24. The van der Waals surface area contributed by atoms with Crippen molar-refractivity contribution in [1.29, 1.82) is 0 Å². The number of amides is 1. The van der Waals surface area contributed by atoms with Crippen LogP contribution >= 0.6 is 0 Å². The van der Waals surface area contributed by atoms with Gasteiger partial charge in [-0.2, -0.15) is 0 Å². The number of likely N-dealkylation sites (tertiary alicyclic amines) is 1. The lowest BCUT2D eigenvalue weighted by Gasteiger charge is -2.27. The highest BCUT2D eigenvalue weighted by Gasteiger charge is 2.39. The number of hydrogen-bond acceptors (Lipinski definition) is 3. The highest BCUT2D eigenvalue weighted by atomic mass is 16.3. The van der Waals surface area contributed by atoms with E-state index in [4.69, 9.17) is 10.2 Å². The lowest BCUT2D eigenvalue weighted by molar-refractivity contribution is 0.0752. The Bertz CT molecular complexity index is 402. The number of nitrogens with two attached hydrogens (primary N) is 1. The van der Waals surface area contributed by atoms with Crippen molar-refractivity contribution in [2.24, 2.45) is 17.6 Å². The molecule has 3 rings (SSSR count). The molecule has 0 bridgehead atoms. The van der Waals surface area contributed by atoms with Crippen molar-refractivity contribution >= 4 is 5.91 Å². The van der Waals surface area contributed by atoms with Gasteiger partial charge in [0.05, 0.1) is 6.26 Å². The standard InChI is InChI=1S/C13H18N2O2/c14-11-4-3-9-7-15(8-10(9)6-11)13(16)12-2-1-5-17-12/h1-2,5,9-11H,3-4,6-8,14H2/t9-,10+,11?/m0/s1. The third kappa shape index (κ3) is 1.97. The average molecular weight is 234 g/mol. The van der Waals surface area contributed by atoms with Crippen LogP contribution in [0.25, 0.3) is 0 Å². The minimum absolute atomic E-state index is 0.0259. The Hall–Kier alpha value is -1.29. The zero-order valence-electron chi connectivity index (χ0n) is 9.84. The minimum atomic E-state index is 0.0259. The van der Waals surface area contributed by atoms with Gasteiger partial charge in [0.2, 0.25) is 0 Å². The maximum absolute atomic E-state index is 12.1. The van der Waals surface area contributed by atoms with Gasteiger partial charge in [-0.3, -0.25) is 4.79 Å².